The highest BCUT2D eigenvalue weighted by molar-refractivity contribution is 6.31. The number of aromatic carboxylic acids is 1. The Bertz CT molecular complexity index is 1530. The number of hydrogen-bond acceptors (Lipinski definition) is 6. The van der Waals surface area contributed by atoms with Crippen molar-refractivity contribution in [3.05, 3.63) is 106 Å². The number of carbonyl (C=O) groups is 3. The zero-order valence-corrected chi connectivity index (χ0v) is 19.9. The summed E-state index contributed by atoms with van der Waals surface area (Å²) in [7, 11) is 0. The largest absolute Gasteiger partial charge is 0.478 e. The zero-order valence-electron chi connectivity index (χ0n) is 19.2. The van der Waals surface area contributed by atoms with E-state index in [-0.39, 0.29) is 27.5 Å². The van der Waals surface area contributed by atoms with Crippen LogP contribution < -0.4 is 10.6 Å². The van der Waals surface area contributed by atoms with Crippen LogP contribution in [0, 0.1) is 11.6 Å². The number of carboxylic acids is 1. The van der Waals surface area contributed by atoms with Gasteiger partial charge in [-0.1, -0.05) is 41.9 Å². The smallest absolute Gasteiger partial charge is 0.335 e. The summed E-state index contributed by atoms with van der Waals surface area (Å²) in [6, 6.07) is 12.6. The number of tetrazole rings is 1. The van der Waals surface area contributed by atoms with Gasteiger partial charge in [0.25, 0.3) is 5.91 Å². The Morgan fingerprint density at radius 3 is 2.47 bits per heavy atom. The Morgan fingerprint density at radius 1 is 1.05 bits per heavy atom. The van der Waals surface area contributed by atoms with Gasteiger partial charge in [-0.15, -0.1) is 15.0 Å². The molecule has 0 saturated heterocycles. The number of anilines is 1. The highest BCUT2D eigenvalue weighted by atomic mass is 35.5. The Hall–Kier alpha value is -4.97. The number of carboxylic acid groups (broad SMARTS) is 1. The van der Waals surface area contributed by atoms with Gasteiger partial charge in [0.1, 0.15) is 11.9 Å². The lowest BCUT2D eigenvalue weighted by atomic mass is 10.1. The van der Waals surface area contributed by atoms with Gasteiger partial charge in [0.05, 0.1) is 22.0 Å². The topological polar surface area (TPSA) is 139 Å². The molecule has 3 aromatic carbocycles. The minimum absolute atomic E-state index is 0.105. The fraction of sp³-hybridized carbons (Fsp3) is 0.0400. The van der Waals surface area contributed by atoms with E-state index >= 15 is 0 Å². The summed E-state index contributed by atoms with van der Waals surface area (Å²) in [5, 5.41) is 24.8. The molecule has 0 radical (unpaired) electrons. The van der Waals surface area contributed by atoms with Crippen LogP contribution in [0.1, 0.15) is 27.5 Å². The molecule has 0 fully saturated rings. The Kier molecular flexibility index (Phi) is 7.83. The quantitative estimate of drug-likeness (QED) is 0.290. The predicted molar refractivity (Wildman–Crippen MR) is 132 cm³/mol. The maximum absolute atomic E-state index is 14.8. The number of rotatable bonds is 8. The van der Waals surface area contributed by atoms with Crippen LogP contribution in [0.3, 0.4) is 0 Å². The standard InChI is InChI=1S/C25H17ClF2N6O4/c26-17-8-10-20(34-30-13-29-33-34)16(22(17)28)7-11-21(35)32-23(14-4-2-1-3-5-14)24(36)31-19-9-6-15(25(37)38)12-18(19)27/h1-13,23H,(H,31,36)(H,32,35)(H,37,38)/b11-7+/t23-/m0/s1. The molecule has 0 aliphatic carbocycles. The van der Waals surface area contributed by atoms with Crippen molar-refractivity contribution in [2.24, 2.45) is 0 Å². The molecule has 1 atom stereocenters. The van der Waals surface area contributed by atoms with E-state index in [1.54, 1.807) is 30.3 Å². The normalized spacial score (nSPS) is 11.8. The van der Waals surface area contributed by atoms with Crippen LogP contribution in [-0.2, 0) is 9.59 Å². The second kappa shape index (κ2) is 11.4. The third-order valence-electron chi connectivity index (χ3n) is 5.23. The summed E-state index contributed by atoms with van der Waals surface area (Å²) < 4.78 is 29.2. The van der Waals surface area contributed by atoms with Crippen LogP contribution in [0.25, 0.3) is 11.8 Å². The molecular formula is C25H17ClF2N6O4. The fourth-order valence-electron chi connectivity index (χ4n) is 3.42. The maximum Gasteiger partial charge on any atom is 0.335 e. The number of nitrogens with zero attached hydrogens (tertiary/aromatic N) is 4. The molecule has 0 aliphatic heterocycles. The molecular weight excluding hydrogens is 522 g/mol. The number of nitrogens with one attached hydrogen (secondary N) is 2. The zero-order chi connectivity index (χ0) is 27.2. The highest BCUT2D eigenvalue weighted by Gasteiger charge is 2.23. The van der Waals surface area contributed by atoms with Crippen LogP contribution in [0.2, 0.25) is 5.02 Å². The Balaban J connectivity index is 1.59. The summed E-state index contributed by atoms with van der Waals surface area (Å²) in [5.41, 5.74) is -0.155. The van der Waals surface area contributed by atoms with Crippen molar-refractivity contribution >= 4 is 41.1 Å². The number of aromatic nitrogens is 4. The molecule has 3 N–H and O–H groups in total. The molecule has 1 aromatic heterocycles. The molecule has 0 bridgehead atoms. The maximum atomic E-state index is 14.8. The van der Waals surface area contributed by atoms with Gasteiger partial charge in [0.2, 0.25) is 5.91 Å². The lowest BCUT2D eigenvalue weighted by Gasteiger charge is -2.18. The number of benzene rings is 3. The van der Waals surface area contributed by atoms with Gasteiger partial charge in [0.15, 0.2) is 12.1 Å². The van der Waals surface area contributed by atoms with Crippen LogP contribution >= 0.6 is 11.6 Å². The van der Waals surface area contributed by atoms with Crippen LogP contribution in [0.5, 0.6) is 0 Å². The van der Waals surface area contributed by atoms with E-state index in [1.165, 1.54) is 12.1 Å². The molecule has 0 aliphatic rings. The SMILES string of the molecule is O=C(/C=C/c1c(-n2ncnn2)ccc(Cl)c1F)N[C@H](C(=O)Nc1ccc(C(=O)O)cc1F)c1ccccc1. The predicted octanol–water partition coefficient (Wildman–Crippen LogP) is 3.80. The van der Waals surface area contributed by atoms with Crippen molar-refractivity contribution in [2.75, 3.05) is 5.32 Å². The first-order valence-electron chi connectivity index (χ1n) is 10.8. The number of carbonyl (C=O) groups excluding carboxylic acids is 2. The van der Waals surface area contributed by atoms with E-state index in [1.807, 2.05) is 0 Å². The molecule has 192 valence electrons. The molecule has 2 amide bonds. The molecule has 4 aromatic rings. The first-order chi connectivity index (χ1) is 18.2. The van der Waals surface area contributed by atoms with Crippen LogP contribution in [-0.4, -0.2) is 43.1 Å². The molecule has 0 saturated carbocycles. The lowest BCUT2D eigenvalue weighted by molar-refractivity contribution is -0.124. The van der Waals surface area contributed by atoms with Gasteiger partial charge in [0, 0.05) is 11.6 Å². The van der Waals surface area contributed by atoms with Gasteiger partial charge in [-0.25, -0.2) is 13.6 Å². The van der Waals surface area contributed by atoms with Crippen LogP contribution in [0.4, 0.5) is 14.5 Å². The van der Waals surface area contributed by atoms with Crippen molar-refractivity contribution in [1.82, 2.24) is 25.5 Å². The summed E-state index contributed by atoms with van der Waals surface area (Å²) in [5.74, 6) is -4.72. The monoisotopic (exact) mass is 538 g/mol. The summed E-state index contributed by atoms with van der Waals surface area (Å²) in [6.45, 7) is 0. The molecule has 38 heavy (non-hydrogen) atoms. The number of amides is 2. The van der Waals surface area contributed by atoms with E-state index in [2.05, 4.69) is 26.0 Å². The molecule has 10 nitrogen and oxygen atoms in total. The van der Waals surface area contributed by atoms with Crippen molar-refractivity contribution < 1.29 is 28.3 Å². The van der Waals surface area contributed by atoms with Gasteiger partial charge in [-0.3, -0.25) is 9.59 Å². The van der Waals surface area contributed by atoms with Gasteiger partial charge < -0.3 is 15.7 Å². The second-order valence-corrected chi connectivity index (χ2v) is 8.10. The van der Waals surface area contributed by atoms with E-state index in [4.69, 9.17) is 16.7 Å². The molecule has 0 spiro atoms. The Labute approximate surface area is 218 Å². The van der Waals surface area contributed by atoms with E-state index in [9.17, 15) is 23.2 Å². The lowest BCUT2D eigenvalue weighted by Crippen LogP contribution is -2.36. The molecule has 0 unspecified atom stereocenters. The third kappa shape index (κ3) is 5.87. The fourth-order valence-corrected chi connectivity index (χ4v) is 3.58. The average molecular weight is 539 g/mol. The van der Waals surface area contributed by atoms with Crippen molar-refractivity contribution in [3.8, 4) is 5.69 Å². The number of hydrogen-bond donors (Lipinski definition) is 3. The molecule has 4 rings (SSSR count). The van der Waals surface area contributed by atoms with E-state index < -0.39 is 35.5 Å². The van der Waals surface area contributed by atoms with E-state index in [0.29, 0.717) is 5.56 Å². The van der Waals surface area contributed by atoms with Crippen molar-refractivity contribution in [2.45, 2.75) is 6.04 Å². The summed E-state index contributed by atoms with van der Waals surface area (Å²) in [4.78, 5) is 38.0. The third-order valence-corrected chi connectivity index (χ3v) is 5.52. The van der Waals surface area contributed by atoms with Gasteiger partial charge >= 0.3 is 5.97 Å². The highest BCUT2D eigenvalue weighted by Crippen LogP contribution is 2.25. The minimum atomic E-state index is -1.33. The summed E-state index contributed by atoms with van der Waals surface area (Å²) in [6.07, 6.45) is 3.27. The molecule has 13 heteroatoms. The summed E-state index contributed by atoms with van der Waals surface area (Å²) >= 11 is 5.89. The first-order valence-corrected chi connectivity index (χ1v) is 11.2. The second-order valence-electron chi connectivity index (χ2n) is 7.69. The van der Waals surface area contributed by atoms with Gasteiger partial charge in [-0.05, 0) is 47.2 Å². The van der Waals surface area contributed by atoms with Crippen molar-refractivity contribution in [1.29, 1.82) is 0 Å². The minimum Gasteiger partial charge on any atom is -0.478 e. The first kappa shape index (κ1) is 26.1. The number of halogens is 3. The van der Waals surface area contributed by atoms with Crippen LogP contribution in [0.15, 0.2) is 73.1 Å². The van der Waals surface area contributed by atoms with E-state index in [0.717, 1.165) is 41.5 Å². The van der Waals surface area contributed by atoms with Crippen molar-refractivity contribution in [3.63, 3.8) is 0 Å². The molecule has 1 heterocycles. The van der Waals surface area contributed by atoms with Gasteiger partial charge in [-0.2, -0.15) is 0 Å². The Morgan fingerprint density at radius 2 is 1.82 bits per heavy atom. The average Bonchev–Trinajstić information content (AvgIpc) is 3.44.